The maximum absolute atomic E-state index is 12.4. The van der Waals surface area contributed by atoms with E-state index in [2.05, 4.69) is 15.2 Å². The van der Waals surface area contributed by atoms with Gasteiger partial charge in [0.25, 0.3) is 11.7 Å². The molecule has 1 saturated carbocycles. The van der Waals surface area contributed by atoms with Crippen LogP contribution in [0.4, 0.5) is 0 Å². The van der Waals surface area contributed by atoms with Gasteiger partial charge in [0.05, 0.1) is 23.0 Å². The first-order chi connectivity index (χ1) is 11.2. The molecule has 0 saturated heterocycles. The molecule has 2 N–H and O–H groups in total. The van der Waals surface area contributed by atoms with E-state index < -0.39 is 5.54 Å². The quantitative estimate of drug-likeness (QED) is 0.738. The molecule has 0 aliphatic heterocycles. The van der Waals surface area contributed by atoms with Crippen molar-refractivity contribution in [1.29, 1.82) is 0 Å². The third kappa shape index (κ3) is 2.35. The molecule has 1 aromatic carbocycles. The van der Waals surface area contributed by atoms with E-state index in [1.165, 1.54) is 6.20 Å². The van der Waals surface area contributed by atoms with Crippen LogP contribution in [0.15, 0.2) is 47.2 Å². The third-order valence-electron chi connectivity index (χ3n) is 4.18. The van der Waals surface area contributed by atoms with Gasteiger partial charge < -0.3 is 10.3 Å². The predicted octanol–water partition coefficient (Wildman–Crippen LogP) is 1.82. The summed E-state index contributed by atoms with van der Waals surface area (Å²) in [6, 6.07) is 9.54. The molecule has 0 unspecified atom stereocenters. The Morgan fingerprint density at radius 1 is 1.26 bits per heavy atom. The standard InChI is InChI=1S/C16H15N5O2/c17-16(7-4-8-16)15-19-14(23-20-15)13(22)11-9-18-21(10-11)12-5-2-1-3-6-12/h1-3,5-6,9-10H,4,7-8,17H2. The van der Waals surface area contributed by atoms with E-state index in [0.717, 1.165) is 24.9 Å². The Morgan fingerprint density at radius 2 is 2.04 bits per heavy atom. The lowest BCUT2D eigenvalue weighted by atomic mass is 9.77. The van der Waals surface area contributed by atoms with Crippen LogP contribution >= 0.6 is 0 Å². The molecule has 1 aliphatic rings. The number of nitrogens with zero attached hydrogens (tertiary/aromatic N) is 4. The largest absolute Gasteiger partial charge is 0.330 e. The first kappa shape index (κ1) is 13.8. The molecule has 0 radical (unpaired) electrons. The highest BCUT2D eigenvalue weighted by Gasteiger charge is 2.39. The number of ketones is 1. The average molecular weight is 309 g/mol. The Balaban J connectivity index is 1.59. The number of para-hydroxylation sites is 1. The van der Waals surface area contributed by atoms with Gasteiger partial charge in [0.2, 0.25) is 0 Å². The first-order valence-electron chi connectivity index (χ1n) is 7.44. The second-order valence-electron chi connectivity index (χ2n) is 5.77. The van der Waals surface area contributed by atoms with Crippen LogP contribution in [0.3, 0.4) is 0 Å². The van der Waals surface area contributed by atoms with Gasteiger partial charge in [0, 0.05) is 6.20 Å². The second-order valence-corrected chi connectivity index (χ2v) is 5.77. The Hall–Kier alpha value is -2.80. The van der Waals surface area contributed by atoms with Gasteiger partial charge in [0.15, 0.2) is 5.82 Å². The summed E-state index contributed by atoms with van der Waals surface area (Å²) in [6.07, 6.45) is 5.79. The molecule has 7 nitrogen and oxygen atoms in total. The Morgan fingerprint density at radius 3 is 2.74 bits per heavy atom. The van der Waals surface area contributed by atoms with Gasteiger partial charge in [0.1, 0.15) is 0 Å². The number of benzene rings is 1. The Bertz CT molecular complexity index is 848. The lowest BCUT2D eigenvalue weighted by Gasteiger charge is -2.34. The molecular formula is C16H15N5O2. The van der Waals surface area contributed by atoms with Gasteiger partial charge in [-0.15, -0.1) is 0 Å². The summed E-state index contributed by atoms with van der Waals surface area (Å²) in [5.74, 6) is 0.000687. The number of nitrogens with two attached hydrogens (primary N) is 1. The lowest BCUT2D eigenvalue weighted by molar-refractivity contribution is 0.0994. The van der Waals surface area contributed by atoms with Crippen LogP contribution in [-0.4, -0.2) is 25.7 Å². The zero-order chi connectivity index (χ0) is 15.9. The van der Waals surface area contributed by atoms with Crippen molar-refractivity contribution in [3.8, 4) is 5.69 Å². The highest BCUT2D eigenvalue weighted by atomic mass is 16.5. The maximum atomic E-state index is 12.4. The van der Waals surface area contributed by atoms with Crippen LogP contribution in [0.5, 0.6) is 0 Å². The molecule has 0 amide bonds. The van der Waals surface area contributed by atoms with E-state index in [-0.39, 0.29) is 11.7 Å². The predicted molar refractivity (Wildman–Crippen MR) is 81.0 cm³/mol. The van der Waals surface area contributed by atoms with Crippen molar-refractivity contribution in [2.24, 2.45) is 5.73 Å². The minimum Gasteiger partial charge on any atom is -0.330 e. The molecule has 116 valence electrons. The lowest BCUT2D eigenvalue weighted by Crippen LogP contribution is -2.44. The summed E-state index contributed by atoms with van der Waals surface area (Å²) in [5.41, 5.74) is 6.86. The minimum absolute atomic E-state index is 0.0515. The van der Waals surface area contributed by atoms with Crippen LogP contribution in [-0.2, 0) is 5.54 Å². The SMILES string of the molecule is NC1(c2noc(C(=O)c3cnn(-c4ccccc4)c3)n2)CCC1. The first-order valence-corrected chi connectivity index (χ1v) is 7.44. The van der Waals surface area contributed by atoms with Crippen molar-refractivity contribution in [3.05, 3.63) is 60.0 Å². The zero-order valence-corrected chi connectivity index (χ0v) is 12.3. The molecule has 3 aromatic rings. The van der Waals surface area contributed by atoms with Gasteiger partial charge in [-0.1, -0.05) is 23.4 Å². The third-order valence-corrected chi connectivity index (χ3v) is 4.18. The van der Waals surface area contributed by atoms with Crippen LogP contribution in [0, 0.1) is 0 Å². The highest BCUT2D eigenvalue weighted by molar-refractivity contribution is 6.05. The molecule has 4 rings (SSSR count). The van der Waals surface area contributed by atoms with Crippen molar-refractivity contribution in [3.63, 3.8) is 0 Å². The monoisotopic (exact) mass is 309 g/mol. The molecule has 0 atom stereocenters. The molecule has 1 aliphatic carbocycles. The molecule has 2 aromatic heterocycles. The number of hydrogen-bond acceptors (Lipinski definition) is 6. The normalized spacial score (nSPS) is 16.0. The molecule has 0 spiro atoms. The molecule has 2 heterocycles. The van der Waals surface area contributed by atoms with Crippen molar-refractivity contribution in [1.82, 2.24) is 19.9 Å². The van der Waals surface area contributed by atoms with E-state index in [4.69, 9.17) is 10.3 Å². The van der Waals surface area contributed by atoms with E-state index in [0.29, 0.717) is 11.4 Å². The van der Waals surface area contributed by atoms with E-state index in [1.807, 2.05) is 30.3 Å². The fourth-order valence-electron chi connectivity index (χ4n) is 2.58. The van der Waals surface area contributed by atoms with Crippen LogP contribution in [0.2, 0.25) is 0 Å². The Kier molecular flexibility index (Phi) is 3.09. The summed E-state index contributed by atoms with van der Waals surface area (Å²) in [6.45, 7) is 0. The maximum Gasteiger partial charge on any atom is 0.299 e. The summed E-state index contributed by atoms with van der Waals surface area (Å²) < 4.78 is 6.72. The number of rotatable bonds is 4. The van der Waals surface area contributed by atoms with E-state index in [9.17, 15) is 4.79 Å². The smallest absolute Gasteiger partial charge is 0.299 e. The molecule has 7 heteroatoms. The number of carbonyl (C=O) groups is 1. The van der Waals surface area contributed by atoms with Crippen molar-refractivity contribution >= 4 is 5.78 Å². The molecular weight excluding hydrogens is 294 g/mol. The van der Waals surface area contributed by atoms with Gasteiger partial charge in [-0.2, -0.15) is 10.1 Å². The highest BCUT2D eigenvalue weighted by Crippen LogP contribution is 2.36. The van der Waals surface area contributed by atoms with E-state index in [1.54, 1.807) is 10.9 Å². The summed E-state index contributed by atoms with van der Waals surface area (Å²) in [5, 5.41) is 8.06. The van der Waals surface area contributed by atoms with Gasteiger partial charge in [-0.05, 0) is 31.4 Å². The van der Waals surface area contributed by atoms with Gasteiger partial charge in [-0.25, -0.2) is 4.68 Å². The molecule has 1 fully saturated rings. The van der Waals surface area contributed by atoms with Crippen LogP contribution in [0.25, 0.3) is 5.69 Å². The topological polar surface area (TPSA) is 99.8 Å². The molecule has 0 bridgehead atoms. The second kappa shape index (κ2) is 5.13. The van der Waals surface area contributed by atoms with Crippen molar-refractivity contribution < 1.29 is 9.32 Å². The van der Waals surface area contributed by atoms with Crippen molar-refractivity contribution in [2.75, 3.05) is 0 Å². The summed E-state index contributed by atoms with van der Waals surface area (Å²) in [4.78, 5) is 16.6. The average Bonchev–Trinajstić information content (AvgIpc) is 3.22. The molecule has 23 heavy (non-hydrogen) atoms. The fraction of sp³-hybridized carbons (Fsp3) is 0.250. The zero-order valence-electron chi connectivity index (χ0n) is 12.3. The minimum atomic E-state index is -0.545. The van der Waals surface area contributed by atoms with E-state index >= 15 is 0 Å². The fourth-order valence-corrected chi connectivity index (χ4v) is 2.58. The van der Waals surface area contributed by atoms with Gasteiger partial charge in [-0.3, -0.25) is 4.79 Å². The van der Waals surface area contributed by atoms with Crippen molar-refractivity contribution in [2.45, 2.75) is 24.8 Å². The Labute approximate surface area is 132 Å². The number of hydrogen-bond donors (Lipinski definition) is 1. The summed E-state index contributed by atoms with van der Waals surface area (Å²) in [7, 11) is 0. The van der Waals surface area contributed by atoms with Gasteiger partial charge >= 0.3 is 0 Å². The summed E-state index contributed by atoms with van der Waals surface area (Å²) >= 11 is 0. The van der Waals surface area contributed by atoms with Crippen LogP contribution in [0.1, 0.15) is 41.3 Å². The number of carbonyl (C=O) groups excluding carboxylic acids is 1. The number of aromatic nitrogens is 4. The van der Waals surface area contributed by atoms with Crippen LogP contribution < -0.4 is 5.73 Å².